The van der Waals surface area contributed by atoms with Gasteiger partial charge in [0.1, 0.15) is 30.4 Å². The smallest absolute Gasteiger partial charge is 0.871 e. The molecule has 0 amide bonds. The number of fused-ring (bicyclic) bond motifs is 2. The van der Waals surface area contributed by atoms with Crippen molar-refractivity contribution in [2.24, 2.45) is 20.5 Å². The Morgan fingerprint density at radius 1 is 0.438 bits per heavy atom. The molecular weight excluding hydrogens is 1030 g/mol. The molecule has 0 unspecified atom stereocenters. The Labute approximate surface area is 452 Å². The second-order valence-electron chi connectivity index (χ2n) is 12.5. The van der Waals surface area contributed by atoms with Crippen LogP contribution >= 0.6 is 0 Å². The van der Waals surface area contributed by atoms with Crippen LogP contribution in [-0.4, -0.2) is 38.9 Å². The van der Waals surface area contributed by atoms with Crippen molar-refractivity contribution in [2.75, 3.05) is 5.32 Å². The molecule has 64 heavy (non-hydrogen) atoms. The predicted molar refractivity (Wildman–Crippen MR) is 200 cm³/mol. The van der Waals surface area contributed by atoms with Gasteiger partial charge in [-0.3, -0.25) is 0 Å². The Balaban J connectivity index is 0.00000282. The van der Waals surface area contributed by atoms with Crippen LogP contribution in [0.1, 0.15) is 0 Å². The van der Waals surface area contributed by atoms with Crippen LogP contribution in [0.2, 0.25) is 0 Å². The Morgan fingerprint density at radius 2 is 1.00 bits per heavy atom. The van der Waals surface area contributed by atoms with Crippen LogP contribution in [0.25, 0.3) is 32.7 Å². The van der Waals surface area contributed by atoms with Gasteiger partial charge in [0.25, 0.3) is 0 Å². The Hall–Kier alpha value is -2.97. The van der Waals surface area contributed by atoms with Crippen molar-refractivity contribution >= 4 is 86.0 Å². The van der Waals surface area contributed by atoms with Gasteiger partial charge in [0.15, 0.2) is 0 Å². The molecule has 0 bridgehead atoms. The van der Waals surface area contributed by atoms with Crippen LogP contribution in [-0.2, 0) is 64.5 Å². The van der Waals surface area contributed by atoms with Gasteiger partial charge < -0.3 is 39.4 Å². The molecular formula is C38H20Cu2N5Na3O13S3. The first kappa shape index (κ1) is 57.2. The van der Waals surface area contributed by atoms with Gasteiger partial charge in [0, 0.05) is 21.7 Å². The van der Waals surface area contributed by atoms with E-state index in [0.29, 0.717) is 17.4 Å². The van der Waals surface area contributed by atoms with Gasteiger partial charge in [0.05, 0.1) is 32.5 Å². The van der Waals surface area contributed by atoms with Crippen molar-refractivity contribution in [2.45, 2.75) is 14.7 Å². The molecule has 0 aromatic heterocycles. The Morgan fingerprint density at radius 3 is 1.62 bits per heavy atom. The third kappa shape index (κ3) is 12.7. The third-order valence-corrected chi connectivity index (χ3v) is 11.2. The van der Waals surface area contributed by atoms with E-state index in [-0.39, 0.29) is 161 Å². The van der Waals surface area contributed by atoms with Crippen molar-refractivity contribution in [3.63, 3.8) is 0 Å². The molecule has 7 aromatic carbocycles. The molecule has 0 aliphatic carbocycles. The molecule has 7 aromatic rings. The van der Waals surface area contributed by atoms with Crippen LogP contribution in [0.3, 0.4) is 0 Å². The fraction of sp³-hybridized carbons (Fsp3) is 0. The molecule has 0 aliphatic rings. The van der Waals surface area contributed by atoms with Crippen molar-refractivity contribution < 1.29 is 182 Å². The predicted octanol–water partition coefficient (Wildman–Crippen LogP) is -3.75. The summed E-state index contributed by atoms with van der Waals surface area (Å²) in [7, 11) is -15.8. The standard InChI is InChI=1S/C38H27N5O13S3.2Cu.3Na/c44-31-13-7-20(16-30(31)41-42-35-27-11-9-26(57(48,49)50)15-23(27)19-34(38(35)47)59(54,55)56)21-6-12-29(32(45)17-21)40-43-36-33(58(51,52)53)18-22-14-25(8-10-28(22)37(36)46)39-24-4-2-1-3-5-24;;;;;/h1-19,39,44-47H,(H,48,49,50)(H,51,52,53)(H,54,55,56);;;;;/q;2*+2;3*+1/p-7. The first-order valence-electron chi connectivity index (χ1n) is 16.5. The number of nitrogens with one attached hydrogen (secondary N) is 1. The number of anilines is 2. The largest absolute Gasteiger partial charge is 2.00 e. The van der Waals surface area contributed by atoms with Crippen LogP contribution in [0, 0.1) is 0 Å². The fourth-order valence-electron chi connectivity index (χ4n) is 5.91. The summed E-state index contributed by atoms with van der Waals surface area (Å²) in [5.74, 6) is -3.91. The van der Waals surface area contributed by atoms with Crippen molar-refractivity contribution in [3.8, 4) is 34.1 Å². The minimum atomic E-state index is -5.44. The number of rotatable bonds is 10. The summed E-state index contributed by atoms with van der Waals surface area (Å²) in [5.41, 5.74) is -0.834. The Bertz CT molecular complexity index is 3300. The number of para-hydroxylation sites is 1. The van der Waals surface area contributed by atoms with Gasteiger partial charge in [0.2, 0.25) is 0 Å². The van der Waals surface area contributed by atoms with Crippen molar-refractivity contribution in [3.05, 3.63) is 115 Å². The van der Waals surface area contributed by atoms with E-state index in [0.717, 1.165) is 48.5 Å². The number of benzene rings is 7. The molecule has 0 saturated heterocycles. The molecule has 318 valence electrons. The summed E-state index contributed by atoms with van der Waals surface area (Å²) in [6.45, 7) is 0. The maximum atomic E-state index is 13.4. The molecule has 0 spiro atoms. The van der Waals surface area contributed by atoms with E-state index in [2.05, 4.69) is 25.8 Å². The fourth-order valence-corrected chi connectivity index (χ4v) is 7.65. The topological polar surface area (TPSA) is 325 Å². The number of hydrogen-bond donors (Lipinski definition) is 1. The van der Waals surface area contributed by atoms with Crippen LogP contribution in [0.5, 0.6) is 23.0 Å². The second kappa shape index (κ2) is 22.7. The summed E-state index contributed by atoms with van der Waals surface area (Å²) >= 11 is 0. The molecule has 0 fully saturated rings. The molecule has 18 nitrogen and oxygen atoms in total. The quantitative estimate of drug-likeness (QED) is 0.0782. The number of hydrogen-bond acceptors (Lipinski definition) is 18. The van der Waals surface area contributed by atoms with Crippen LogP contribution in [0.15, 0.2) is 150 Å². The maximum absolute atomic E-state index is 13.4. The molecule has 0 saturated carbocycles. The van der Waals surface area contributed by atoms with Gasteiger partial charge in [-0.15, -0.1) is 5.11 Å². The Kier molecular flexibility index (Phi) is 20.3. The van der Waals surface area contributed by atoms with Crippen molar-refractivity contribution in [1.82, 2.24) is 0 Å². The molecule has 26 heteroatoms. The monoisotopic (exact) mass is 1040 g/mol. The molecule has 0 atom stereocenters. The maximum Gasteiger partial charge on any atom is 2.00 e. The first-order chi connectivity index (χ1) is 27.8. The van der Waals surface area contributed by atoms with E-state index in [4.69, 9.17) is 0 Å². The zero-order valence-corrected chi connectivity index (χ0v) is 43.2. The number of azo groups is 2. The van der Waals surface area contributed by atoms with E-state index < -0.39 is 85.1 Å². The third-order valence-electron chi connectivity index (χ3n) is 8.69. The van der Waals surface area contributed by atoms with Gasteiger partial charge >= 0.3 is 123 Å². The summed E-state index contributed by atoms with van der Waals surface area (Å²) in [6, 6.07) is 24.5. The normalized spacial score (nSPS) is 11.5. The van der Waals surface area contributed by atoms with Crippen LogP contribution in [0.4, 0.5) is 34.1 Å². The van der Waals surface area contributed by atoms with E-state index in [1.54, 1.807) is 30.3 Å². The number of nitrogens with zero attached hydrogens (tertiary/aromatic N) is 4. The van der Waals surface area contributed by atoms with Gasteiger partial charge in [-0.25, -0.2) is 25.3 Å². The average molecular weight is 1050 g/mol. The minimum absolute atomic E-state index is 0. The first-order valence-corrected chi connectivity index (χ1v) is 20.7. The zero-order chi connectivity index (χ0) is 42.4. The molecule has 2 radical (unpaired) electrons. The minimum Gasteiger partial charge on any atom is -0.871 e. The SMILES string of the molecule is O=S(=O)([O-])c1ccc2c(N=Nc3cc(-c4ccc(N=Nc5c(S(=O)(=O)[O-])cc6cc(Nc7ccccc7)ccc6c5[O-])c([O-])c4)ccc3[O-])c([O-])c(S(=O)(=O)[O-])cc2c1.[Cu+2].[Cu+2].[Na+].[Na+].[Na+]. The van der Waals surface area contributed by atoms with Gasteiger partial charge in [-0.05, 0) is 87.9 Å². The molecule has 1 N–H and O–H groups in total. The van der Waals surface area contributed by atoms with E-state index in [1.165, 1.54) is 24.3 Å². The van der Waals surface area contributed by atoms with Gasteiger partial charge in [-0.1, -0.05) is 77.6 Å². The average Bonchev–Trinajstić information content (AvgIpc) is 3.17. The summed E-state index contributed by atoms with van der Waals surface area (Å²) in [4.78, 5) is -3.08. The van der Waals surface area contributed by atoms with E-state index in [1.807, 2.05) is 6.07 Å². The summed E-state index contributed by atoms with van der Waals surface area (Å²) in [6.07, 6.45) is 0. The van der Waals surface area contributed by atoms with E-state index >= 15 is 0 Å². The van der Waals surface area contributed by atoms with Crippen LogP contribution < -0.4 is 114 Å². The molecule has 7 rings (SSSR count). The van der Waals surface area contributed by atoms with E-state index in [9.17, 15) is 59.3 Å². The summed E-state index contributed by atoms with van der Waals surface area (Å²) in [5, 5.41) is 70.0. The second-order valence-corrected chi connectivity index (χ2v) is 16.6. The molecule has 0 aliphatic heterocycles. The van der Waals surface area contributed by atoms with Crippen molar-refractivity contribution in [1.29, 1.82) is 0 Å². The summed E-state index contributed by atoms with van der Waals surface area (Å²) < 4.78 is 107. The zero-order valence-electron chi connectivity index (χ0n) is 32.9. The van der Waals surface area contributed by atoms with Gasteiger partial charge in [-0.2, -0.15) is 15.3 Å². The molecule has 0 heterocycles.